The van der Waals surface area contributed by atoms with Gasteiger partial charge in [0.05, 0.1) is 16.3 Å². The predicted octanol–water partition coefficient (Wildman–Crippen LogP) is 2.32. The van der Waals surface area contributed by atoms with Gasteiger partial charge in [-0.15, -0.1) is 0 Å². The average molecular weight is 197 g/mol. The molecule has 13 heavy (non-hydrogen) atoms. The summed E-state index contributed by atoms with van der Waals surface area (Å²) in [7, 11) is 0. The molecule has 0 spiro atoms. The molecule has 0 radical (unpaired) electrons. The molecule has 1 aromatic rings. The molecule has 0 bridgehead atoms. The first-order valence-electron chi connectivity index (χ1n) is 3.16. The fourth-order valence-electron chi connectivity index (χ4n) is 0.768. The molecule has 1 rings (SSSR count). The van der Waals surface area contributed by atoms with Crippen LogP contribution in [0.4, 0.5) is 10.1 Å². The predicted molar refractivity (Wildman–Crippen MR) is 43.9 cm³/mol. The van der Waals surface area contributed by atoms with Crippen molar-refractivity contribution < 1.29 is 9.18 Å². The zero-order chi connectivity index (χ0) is 9.84. The van der Waals surface area contributed by atoms with Crippen LogP contribution in [-0.4, -0.2) is 6.08 Å². The molecule has 0 fully saturated rings. The van der Waals surface area contributed by atoms with Crippen LogP contribution in [0, 0.1) is 17.1 Å². The fourth-order valence-corrected chi connectivity index (χ4v) is 0.931. The maximum atomic E-state index is 12.8. The molecule has 0 aliphatic heterocycles. The lowest BCUT2D eigenvalue weighted by Crippen LogP contribution is -1.81. The van der Waals surface area contributed by atoms with Crippen LogP contribution in [0.1, 0.15) is 5.56 Å². The maximum absolute atomic E-state index is 12.8. The zero-order valence-corrected chi connectivity index (χ0v) is 6.97. The van der Waals surface area contributed by atoms with Gasteiger partial charge in [-0.3, -0.25) is 0 Å². The highest BCUT2D eigenvalue weighted by Gasteiger charge is 2.07. The van der Waals surface area contributed by atoms with Gasteiger partial charge in [0, 0.05) is 6.07 Å². The van der Waals surface area contributed by atoms with Gasteiger partial charge in [0.2, 0.25) is 6.08 Å². The summed E-state index contributed by atoms with van der Waals surface area (Å²) in [4.78, 5) is 13.0. The van der Waals surface area contributed by atoms with E-state index < -0.39 is 5.82 Å². The molecule has 5 heteroatoms. The van der Waals surface area contributed by atoms with Crippen molar-refractivity contribution in [3.8, 4) is 6.07 Å². The van der Waals surface area contributed by atoms with Gasteiger partial charge in [-0.2, -0.15) is 10.3 Å². The molecule has 0 heterocycles. The third-order valence-corrected chi connectivity index (χ3v) is 1.61. The Morgan fingerprint density at radius 3 is 2.77 bits per heavy atom. The average Bonchev–Trinajstić information content (AvgIpc) is 2.11. The Kier molecular flexibility index (Phi) is 2.76. The second-order valence-electron chi connectivity index (χ2n) is 2.10. The Balaban J connectivity index is 3.43. The smallest absolute Gasteiger partial charge is 0.211 e. The zero-order valence-electron chi connectivity index (χ0n) is 6.21. The van der Waals surface area contributed by atoms with E-state index in [4.69, 9.17) is 16.9 Å². The van der Waals surface area contributed by atoms with Gasteiger partial charge in [-0.1, -0.05) is 11.6 Å². The first-order valence-corrected chi connectivity index (χ1v) is 3.54. The number of hydrogen-bond donors (Lipinski definition) is 0. The highest BCUT2D eigenvalue weighted by atomic mass is 35.5. The number of nitrogens with zero attached hydrogens (tertiary/aromatic N) is 2. The minimum absolute atomic E-state index is 0.0368. The minimum atomic E-state index is -0.727. The lowest BCUT2D eigenvalue weighted by atomic mass is 10.2. The second kappa shape index (κ2) is 3.81. The Labute approximate surface area is 78.1 Å². The van der Waals surface area contributed by atoms with Crippen LogP contribution < -0.4 is 0 Å². The molecule has 1 aromatic carbocycles. The van der Waals surface area contributed by atoms with Gasteiger partial charge in [-0.05, 0) is 6.07 Å². The van der Waals surface area contributed by atoms with Gasteiger partial charge < -0.3 is 0 Å². The number of aliphatic imine (C=N–C) groups is 1. The summed E-state index contributed by atoms with van der Waals surface area (Å²) in [5.41, 5.74) is -0.0332. The number of benzene rings is 1. The summed E-state index contributed by atoms with van der Waals surface area (Å²) in [5, 5.41) is 8.36. The van der Waals surface area contributed by atoms with Crippen molar-refractivity contribution in [1.82, 2.24) is 0 Å². The van der Waals surface area contributed by atoms with Crippen molar-refractivity contribution in [1.29, 1.82) is 5.26 Å². The van der Waals surface area contributed by atoms with E-state index in [1.807, 2.05) is 0 Å². The third-order valence-electron chi connectivity index (χ3n) is 1.33. The molecule has 0 saturated heterocycles. The molecule has 0 atom stereocenters. The van der Waals surface area contributed by atoms with Gasteiger partial charge in [0.15, 0.2) is 0 Å². The van der Waals surface area contributed by atoms with E-state index in [1.54, 1.807) is 6.07 Å². The Hall–Kier alpha value is -1.69. The quantitative estimate of drug-likeness (QED) is 0.511. The SMILES string of the molecule is N#Cc1cc(Cl)c(F)cc1N=C=O. The molecule has 64 valence electrons. The molecule has 0 aliphatic carbocycles. The van der Waals surface area contributed by atoms with E-state index in [0.717, 1.165) is 12.1 Å². The third kappa shape index (κ3) is 1.91. The van der Waals surface area contributed by atoms with Crippen molar-refractivity contribution >= 4 is 23.4 Å². The van der Waals surface area contributed by atoms with Crippen molar-refractivity contribution in [2.24, 2.45) is 4.99 Å². The highest BCUT2D eigenvalue weighted by molar-refractivity contribution is 6.30. The molecular formula is C8H2ClFN2O. The van der Waals surface area contributed by atoms with E-state index in [1.165, 1.54) is 6.08 Å². The van der Waals surface area contributed by atoms with E-state index in [2.05, 4.69) is 4.99 Å². The Morgan fingerprint density at radius 2 is 2.23 bits per heavy atom. The number of carbonyl (C=O) groups excluding carboxylic acids is 1. The van der Waals surface area contributed by atoms with Crippen LogP contribution in [-0.2, 0) is 4.79 Å². The topological polar surface area (TPSA) is 53.2 Å². The van der Waals surface area contributed by atoms with E-state index >= 15 is 0 Å². The molecule has 0 aromatic heterocycles. The summed E-state index contributed by atoms with van der Waals surface area (Å²) in [6.45, 7) is 0. The highest BCUT2D eigenvalue weighted by Crippen LogP contribution is 2.25. The molecule has 0 saturated carbocycles. The van der Waals surface area contributed by atoms with Crippen molar-refractivity contribution in [3.05, 3.63) is 28.5 Å². The van der Waals surface area contributed by atoms with Crippen LogP contribution in [0.5, 0.6) is 0 Å². The molecule has 3 nitrogen and oxygen atoms in total. The minimum Gasteiger partial charge on any atom is -0.211 e. The maximum Gasteiger partial charge on any atom is 0.240 e. The first-order chi connectivity index (χ1) is 6.19. The number of nitriles is 1. The van der Waals surface area contributed by atoms with Crippen LogP contribution in [0.3, 0.4) is 0 Å². The number of isocyanates is 1. The van der Waals surface area contributed by atoms with Crippen LogP contribution in [0.2, 0.25) is 5.02 Å². The monoisotopic (exact) mass is 196 g/mol. The largest absolute Gasteiger partial charge is 0.240 e. The van der Waals surface area contributed by atoms with E-state index in [9.17, 15) is 9.18 Å². The number of halogens is 2. The van der Waals surface area contributed by atoms with Crippen molar-refractivity contribution in [2.45, 2.75) is 0 Å². The van der Waals surface area contributed by atoms with Crippen LogP contribution >= 0.6 is 11.6 Å². The summed E-state index contributed by atoms with van der Waals surface area (Å²) in [5.74, 6) is -0.727. The standard InChI is InChI=1S/C8H2ClFN2O/c9-6-1-5(3-11)8(12-4-13)2-7(6)10/h1-2H. The summed E-state index contributed by atoms with van der Waals surface area (Å²) in [6.07, 6.45) is 1.22. The summed E-state index contributed by atoms with van der Waals surface area (Å²) < 4.78 is 12.8. The van der Waals surface area contributed by atoms with E-state index in [-0.39, 0.29) is 16.3 Å². The van der Waals surface area contributed by atoms with Gasteiger partial charge >= 0.3 is 0 Å². The van der Waals surface area contributed by atoms with Gasteiger partial charge in [0.1, 0.15) is 11.9 Å². The van der Waals surface area contributed by atoms with E-state index in [0.29, 0.717) is 0 Å². The van der Waals surface area contributed by atoms with Gasteiger partial charge in [-0.25, -0.2) is 9.18 Å². The van der Waals surface area contributed by atoms with Crippen molar-refractivity contribution in [3.63, 3.8) is 0 Å². The normalized spacial score (nSPS) is 8.69. The summed E-state index contributed by atoms with van der Waals surface area (Å²) in [6, 6.07) is 3.74. The van der Waals surface area contributed by atoms with Crippen LogP contribution in [0.25, 0.3) is 0 Å². The van der Waals surface area contributed by atoms with Gasteiger partial charge in [0.25, 0.3) is 0 Å². The lowest BCUT2D eigenvalue weighted by molar-refractivity contribution is 0.565. The fraction of sp³-hybridized carbons (Fsp3) is 0. The molecule has 0 unspecified atom stereocenters. The van der Waals surface area contributed by atoms with Crippen molar-refractivity contribution in [2.75, 3.05) is 0 Å². The van der Waals surface area contributed by atoms with Crippen LogP contribution in [0.15, 0.2) is 17.1 Å². The molecule has 0 amide bonds. The first kappa shape index (κ1) is 9.40. The Bertz CT molecular complexity index is 433. The number of hydrogen-bond acceptors (Lipinski definition) is 3. The molecule has 0 N–H and O–H groups in total. The second-order valence-corrected chi connectivity index (χ2v) is 2.51. The number of rotatable bonds is 1. The summed E-state index contributed by atoms with van der Waals surface area (Å²) >= 11 is 5.40. The molecule has 0 aliphatic rings. The molecular weight excluding hydrogens is 195 g/mol. The Morgan fingerprint density at radius 1 is 1.54 bits per heavy atom. The lowest BCUT2D eigenvalue weighted by Gasteiger charge is -1.97.